The molecule has 3 heterocycles. The topological polar surface area (TPSA) is 109 Å². The Kier molecular flexibility index (Phi) is 8.55. The molecular weight excluding hydrogens is 462 g/mol. The van der Waals surface area contributed by atoms with Gasteiger partial charge in [-0.3, -0.25) is 9.69 Å². The molecule has 0 aliphatic carbocycles. The number of amides is 2. The van der Waals surface area contributed by atoms with Crippen LogP contribution in [0.5, 0.6) is 0 Å². The van der Waals surface area contributed by atoms with Crippen molar-refractivity contribution in [3.63, 3.8) is 0 Å². The zero-order valence-electron chi connectivity index (χ0n) is 21.8. The maximum Gasteiger partial charge on any atom is 0.407 e. The first-order chi connectivity index (χ1) is 17.1. The molecule has 6 atom stereocenters. The Morgan fingerprint density at radius 3 is 2.67 bits per heavy atom. The van der Waals surface area contributed by atoms with E-state index < -0.39 is 18.2 Å². The molecule has 4 rings (SSSR count). The van der Waals surface area contributed by atoms with Crippen molar-refractivity contribution in [3.8, 4) is 0 Å². The minimum absolute atomic E-state index is 0.0191. The van der Waals surface area contributed by atoms with Crippen LogP contribution >= 0.6 is 0 Å². The van der Waals surface area contributed by atoms with Crippen molar-refractivity contribution in [2.45, 2.75) is 83.1 Å². The summed E-state index contributed by atoms with van der Waals surface area (Å²) in [5.41, 5.74) is 0.698. The highest BCUT2D eigenvalue weighted by Crippen LogP contribution is 2.33. The second-order valence-electron chi connectivity index (χ2n) is 11.4. The van der Waals surface area contributed by atoms with Gasteiger partial charge in [-0.25, -0.2) is 4.79 Å². The molecule has 3 N–H and O–H groups in total. The Hall–Kier alpha value is -2.20. The first-order valence-corrected chi connectivity index (χ1v) is 13.1. The predicted molar refractivity (Wildman–Crippen MR) is 134 cm³/mol. The first-order valence-electron chi connectivity index (χ1n) is 13.1. The molecule has 3 fully saturated rings. The zero-order chi connectivity index (χ0) is 25.9. The van der Waals surface area contributed by atoms with Crippen LogP contribution in [0.25, 0.3) is 0 Å². The van der Waals surface area contributed by atoms with Gasteiger partial charge in [-0.15, -0.1) is 0 Å². The molecule has 0 saturated carbocycles. The lowest BCUT2D eigenvalue weighted by molar-refractivity contribution is -0.124. The monoisotopic (exact) mass is 503 g/mol. The quantitative estimate of drug-likeness (QED) is 0.448. The van der Waals surface area contributed by atoms with Crippen LogP contribution in [0.15, 0.2) is 30.3 Å². The number of aliphatic hydroxyl groups excluding tert-OH is 1. The van der Waals surface area contributed by atoms with Gasteiger partial charge in [0.25, 0.3) is 0 Å². The van der Waals surface area contributed by atoms with Crippen molar-refractivity contribution in [2.75, 3.05) is 26.3 Å². The van der Waals surface area contributed by atoms with E-state index in [-0.39, 0.29) is 42.3 Å². The van der Waals surface area contributed by atoms with Crippen LogP contribution in [-0.4, -0.2) is 84.4 Å². The molecule has 1 unspecified atom stereocenters. The van der Waals surface area contributed by atoms with E-state index in [4.69, 9.17) is 14.2 Å². The fraction of sp³-hybridized carbons (Fsp3) is 0.704. The van der Waals surface area contributed by atoms with E-state index in [2.05, 4.69) is 29.4 Å². The summed E-state index contributed by atoms with van der Waals surface area (Å²) in [6.07, 6.45) is -0.264. The van der Waals surface area contributed by atoms with Crippen molar-refractivity contribution < 1.29 is 28.9 Å². The van der Waals surface area contributed by atoms with Crippen LogP contribution in [0.4, 0.5) is 4.79 Å². The third kappa shape index (κ3) is 6.76. The number of ether oxygens (including phenoxy) is 3. The molecule has 200 valence electrons. The van der Waals surface area contributed by atoms with Crippen molar-refractivity contribution in [3.05, 3.63) is 35.9 Å². The number of alkyl carbamates (subject to hydrolysis) is 1. The molecule has 3 saturated heterocycles. The summed E-state index contributed by atoms with van der Waals surface area (Å²) in [5, 5.41) is 17.4. The molecule has 36 heavy (non-hydrogen) atoms. The lowest BCUT2D eigenvalue weighted by Crippen LogP contribution is -2.53. The number of fused-ring (bicyclic) bond motifs is 1. The summed E-state index contributed by atoms with van der Waals surface area (Å²) in [6, 6.07) is 8.82. The minimum Gasteiger partial charge on any atom is -0.443 e. The fourth-order valence-electron chi connectivity index (χ4n) is 5.53. The summed E-state index contributed by atoms with van der Waals surface area (Å²) in [4.78, 5) is 27.8. The second kappa shape index (κ2) is 11.5. The van der Waals surface area contributed by atoms with Gasteiger partial charge in [0.2, 0.25) is 5.91 Å². The van der Waals surface area contributed by atoms with Gasteiger partial charge in [-0.05, 0) is 44.6 Å². The van der Waals surface area contributed by atoms with Crippen LogP contribution in [0.1, 0.15) is 46.1 Å². The maximum atomic E-state index is 12.9. The molecule has 3 aliphatic heterocycles. The normalized spacial score (nSPS) is 28.7. The average molecular weight is 504 g/mol. The predicted octanol–water partition coefficient (Wildman–Crippen LogP) is 2.07. The molecule has 1 aromatic carbocycles. The van der Waals surface area contributed by atoms with Gasteiger partial charge < -0.3 is 30.0 Å². The third-order valence-corrected chi connectivity index (χ3v) is 7.24. The molecule has 0 aromatic heterocycles. The van der Waals surface area contributed by atoms with Crippen LogP contribution in [0, 0.1) is 11.8 Å². The van der Waals surface area contributed by atoms with Gasteiger partial charge in [0.05, 0.1) is 37.3 Å². The molecule has 1 aromatic rings. The van der Waals surface area contributed by atoms with Crippen LogP contribution in [0.2, 0.25) is 0 Å². The number of carbonyl (C=O) groups excluding carboxylic acids is 2. The van der Waals surface area contributed by atoms with Gasteiger partial charge in [-0.1, -0.05) is 44.2 Å². The molecule has 9 nitrogen and oxygen atoms in total. The van der Waals surface area contributed by atoms with Gasteiger partial charge in [-0.2, -0.15) is 0 Å². The van der Waals surface area contributed by atoms with E-state index in [1.807, 2.05) is 44.2 Å². The smallest absolute Gasteiger partial charge is 0.407 e. The van der Waals surface area contributed by atoms with E-state index in [0.29, 0.717) is 38.5 Å². The molecule has 0 radical (unpaired) electrons. The zero-order valence-corrected chi connectivity index (χ0v) is 21.8. The maximum absolute atomic E-state index is 12.9. The average Bonchev–Trinajstić information content (AvgIpc) is 3.48. The Labute approximate surface area is 213 Å². The van der Waals surface area contributed by atoms with Gasteiger partial charge in [0.1, 0.15) is 6.10 Å². The second-order valence-corrected chi connectivity index (χ2v) is 11.4. The lowest BCUT2D eigenvalue weighted by atomic mass is 9.97. The van der Waals surface area contributed by atoms with Gasteiger partial charge in [0, 0.05) is 18.6 Å². The van der Waals surface area contributed by atoms with Crippen LogP contribution in [0.3, 0.4) is 0 Å². The standard InChI is InChI=1S/C27H41N3O6/c1-17(2)14-30(21-13-27(3,4)29-24(21)32)15-22(31)20(12-18-8-6-5-7-9-18)28-26(33)36-23-16-35-25-19(23)10-11-34-25/h5-9,17,19-23,25,31H,10-16H2,1-4H3,(H,28,33)(H,29,32)/t19-,20-,21?,22+,23-,25+/m0/s1. The van der Waals surface area contributed by atoms with Gasteiger partial charge >= 0.3 is 6.09 Å². The van der Waals surface area contributed by atoms with E-state index >= 15 is 0 Å². The SMILES string of the molecule is CC(C)CN(C[C@@H](O)[C@H](Cc1ccccc1)NC(=O)O[C@H]1CO[C@H]2OCC[C@H]21)C1CC(C)(C)NC1=O. The number of rotatable bonds is 10. The fourth-order valence-corrected chi connectivity index (χ4v) is 5.53. The largest absolute Gasteiger partial charge is 0.443 e. The van der Waals surface area contributed by atoms with Crippen molar-refractivity contribution in [2.24, 2.45) is 11.8 Å². The number of nitrogens with one attached hydrogen (secondary N) is 2. The number of aliphatic hydroxyl groups is 1. The number of nitrogens with zero attached hydrogens (tertiary/aromatic N) is 1. The Balaban J connectivity index is 1.45. The summed E-state index contributed by atoms with van der Waals surface area (Å²) >= 11 is 0. The first kappa shape index (κ1) is 26.9. The molecular formula is C27H41N3O6. The molecule has 0 spiro atoms. The highest BCUT2D eigenvalue weighted by molar-refractivity contribution is 5.85. The highest BCUT2D eigenvalue weighted by Gasteiger charge is 2.44. The minimum atomic E-state index is -0.907. The Bertz CT molecular complexity index is 895. The number of carbonyl (C=O) groups is 2. The summed E-state index contributed by atoms with van der Waals surface area (Å²) in [7, 11) is 0. The van der Waals surface area contributed by atoms with E-state index in [1.165, 1.54) is 0 Å². The van der Waals surface area contributed by atoms with E-state index in [1.54, 1.807) is 0 Å². The summed E-state index contributed by atoms with van der Waals surface area (Å²) in [5.74, 6) is 0.330. The van der Waals surface area contributed by atoms with Gasteiger partial charge in [0.15, 0.2) is 6.29 Å². The highest BCUT2D eigenvalue weighted by atomic mass is 16.7. The Morgan fingerprint density at radius 2 is 2.00 bits per heavy atom. The van der Waals surface area contributed by atoms with Crippen molar-refractivity contribution in [1.29, 1.82) is 0 Å². The van der Waals surface area contributed by atoms with E-state index in [9.17, 15) is 14.7 Å². The molecule has 2 amide bonds. The van der Waals surface area contributed by atoms with E-state index in [0.717, 1.165) is 12.0 Å². The number of benzene rings is 1. The van der Waals surface area contributed by atoms with Crippen molar-refractivity contribution in [1.82, 2.24) is 15.5 Å². The van der Waals surface area contributed by atoms with Crippen LogP contribution < -0.4 is 10.6 Å². The number of hydrogen-bond donors (Lipinski definition) is 3. The molecule has 0 bridgehead atoms. The van der Waals surface area contributed by atoms with Crippen LogP contribution in [-0.2, 0) is 25.4 Å². The summed E-state index contributed by atoms with van der Waals surface area (Å²) < 4.78 is 16.8. The summed E-state index contributed by atoms with van der Waals surface area (Å²) in [6.45, 7) is 10.0. The molecule has 3 aliphatic rings. The third-order valence-electron chi connectivity index (χ3n) is 7.24. The van der Waals surface area contributed by atoms with Crippen molar-refractivity contribution >= 4 is 12.0 Å². The molecule has 9 heteroatoms. The number of hydrogen-bond acceptors (Lipinski definition) is 7. The lowest BCUT2D eigenvalue weighted by Gasteiger charge is -2.34. The Morgan fingerprint density at radius 1 is 1.25 bits per heavy atom.